The molecule has 6 nitrogen and oxygen atoms in total. The molecule has 0 amide bonds. The Morgan fingerprint density at radius 1 is 1.23 bits per heavy atom. The second kappa shape index (κ2) is 7.31. The zero-order valence-electron chi connectivity index (χ0n) is 14.2. The van der Waals surface area contributed by atoms with Crippen LogP contribution in [0.25, 0.3) is 5.65 Å². The van der Waals surface area contributed by atoms with E-state index in [2.05, 4.69) is 15.3 Å². The lowest BCUT2D eigenvalue weighted by Gasteiger charge is -2.32. The van der Waals surface area contributed by atoms with E-state index in [-0.39, 0.29) is 6.04 Å². The second-order valence-electron chi connectivity index (χ2n) is 6.54. The minimum absolute atomic E-state index is 0.191. The Kier molecular flexibility index (Phi) is 4.89. The van der Waals surface area contributed by atoms with Crippen LogP contribution in [0.3, 0.4) is 0 Å². The summed E-state index contributed by atoms with van der Waals surface area (Å²) in [6.07, 6.45) is 3.89. The van der Waals surface area contributed by atoms with Gasteiger partial charge in [-0.2, -0.15) is 9.61 Å². The average molecular weight is 391 g/mol. The lowest BCUT2D eigenvalue weighted by molar-refractivity contribution is 0.503. The van der Waals surface area contributed by atoms with Gasteiger partial charge in [-0.25, -0.2) is 4.98 Å². The number of anilines is 2. The van der Waals surface area contributed by atoms with E-state index in [1.807, 2.05) is 24.3 Å². The number of piperidine rings is 1. The van der Waals surface area contributed by atoms with Gasteiger partial charge < -0.3 is 16.0 Å². The molecule has 1 saturated heterocycles. The van der Waals surface area contributed by atoms with E-state index in [0.717, 1.165) is 48.8 Å². The first kappa shape index (κ1) is 17.4. The number of hydrogen-bond donors (Lipinski definition) is 2. The number of aromatic nitrogens is 3. The largest absolute Gasteiger partial charge is 0.366 e. The van der Waals surface area contributed by atoms with E-state index < -0.39 is 0 Å². The Morgan fingerprint density at radius 3 is 2.92 bits per heavy atom. The van der Waals surface area contributed by atoms with Gasteiger partial charge >= 0.3 is 0 Å². The van der Waals surface area contributed by atoms with Crippen molar-refractivity contribution >= 4 is 40.5 Å². The molecular weight excluding hydrogens is 371 g/mol. The molecular formula is C18H20Cl2N6. The highest BCUT2D eigenvalue weighted by Crippen LogP contribution is 2.25. The Balaban J connectivity index is 1.62. The van der Waals surface area contributed by atoms with Gasteiger partial charge in [-0.15, -0.1) is 0 Å². The van der Waals surface area contributed by atoms with E-state index >= 15 is 0 Å². The van der Waals surface area contributed by atoms with Gasteiger partial charge in [0.15, 0.2) is 5.65 Å². The number of benzene rings is 1. The van der Waals surface area contributed by atoms with Crippen LogP contribution in [0.15, 0.2) is 36.5 Å². The van der Waals surface area contributed by atoms with Gasteiger partial charge in [-0.1, -0.05) is 29.3 Å². The van der Waals surface area contributed by atoms with Gasteiger partial charge in [0.05, 0.1) is 6.20 Å². The van der Waals surface area contributed by atoms with Gasteiger partial charge in [0, 0.05) is 47.9 Å². The molecule has 3 aromatic rings. The molecule has 8 heteroatoms. The van der Waals surface area contributed by atoms with Gasteiger partial charge in [0.1, 0.15) is 11.6 Å². The molecule has 1 aliphatic rings. The fourth-order valence-corrected chi connectivity index (χ4v) is 3.73. The van der Waals surface area contributed by atoms with Crippen LogP contribution in [0.1, 0.15) is 18.4 Å². The molecule has 0 aliphatic carbocycles. The Morgan fingerprint density at radius 2 is 2.12 bits per heavy atom. The zero-order chi connectivity index (χ0) is 18.1. The topological polar surface area (TPSA) is 71.5 Å². The van der Waals surface area contributed by atoms with E-state index in [4.69, 9.17) is 33.9 Å². The molecule has 0 saturated carbocycles. The predicted octanol–water partition coefficient (Wildman–Crippen LogP) is 3.58. The fraction of sp³-hybridized carbons (Fsp3) is 0.333. The molecule has 4 rings (SSSR count). The number of nitrogens with zero attached hydrogens (tertiary/aromatic N) is 4. The molecule has 1 aliphatic heterocycles. The molecule has 0 unspecified atom stereocenters. The van der Waals surface area contributed by atoms with Crippen molar-refractivity contribution in [2.24, 2.45) is 5.73 Å². The molecule has 3 heterocycles. The fourth-order valence-electron chi connectivity index (χ4n) is 3.26. The van der Waals surface area contributed by atoms with Gasteiger partial charge in [-0.3, -0.25) is 0 Å². The van der Waals surface area contributed by atoms with Crippen LogP contribution in [-0.4, -0.2) is 33.7 Å². The van der Waals surface area contributed by atoms with Crippen molar-refractivity contribution in [1.82, 2.24) is 14.6 Å². The zero-order valence-corrected chi connectivity index (χ0v) is 15.7. The number of fused-ring (bicyclic) bond motifs is 1. The molecule has 136 valence electrons. The Bertz CT molecular complexity index is 925. The van der Waals surface area contributed by atoms with Crippen LogP contribution in [0.2, 0.25) is 10.0 Å². The summed E-state index contributed by atoms with van der Waals surface area (Å²) in [6, 6.07) is 9.60. The molecule has 0 radical (unpaired) electrons. The van der Waals surface area contributed by atoms with Crippen molar-refractivity contribution in [2.45, 2.75) is 25.4 Å². The van der Waals surface area contributed by atoms with Gasteiger partial charge in [0.2, 0.25) is 0 Å². The third-order valence-electron chi connectivity index (χ3n) is 4.60. The van der Waals surface area contributed by atoms with E-state index in [0.29, 0.717) is 16.6 Å². The highest BCUT2D eigenvalue weighted by Gasteiger charge is 2.19. The molecule has 1 aromatic carbocycles. The molecule has 1 atom stereocenters. The molecule has 0 spiro atoms. The van der Waals surface area contributed by atoms with Crippen LogP contribution in [0, 0.1) is 0 Å². The molecule has 2 aromatic heterocycles. The average Bonchev–Trinajstić information content (AvgIpc) is 3.09. The first-order valence-corrected chi connectivity index (χ1v) is 9.39. The normalized spacial score (nSPS) is 17.7. The van der Waals surface area contributed by atoms with E-state index in [1.54, 1.807) is 16.8 Å². The third-order valence-corrected chi connectivity index (χ3v) is 5.19. The molecule has 3 N–H and O–H groups in total. The van der Waals surface area contributed by atoms with Crippen molar-refractivity contribution in [1.29, 1.82) is 0 Å². The number of nitrogens with one attached hydrogen (secondary N) is 1. The maximum atomic E-state index is 6.28. The van der Waals surface area contributed by atoms with Gasteiger partial charge in [0.25, 0.3) is 0 Å². The van der Waals surface area contributed by atoms with Crippen LogP contribution < -0.4 is 16.0 Å². The predicted molar refractivity (Wildman–Crippen MR) is 106 cm³/mol. The monoisotopic (exact) mass is 390 g/mol. The summed E-state index contributed by atoms with van der Waals surface area (Å²) in [5, 5.41) is 9.04. The lowest BCUT2D eigenvalue weighted by atomic mass is 10.1. The molecule has 1 fully saturated rings. The number of nitrogens with two attached hydrogens (primary N) is 1. The first-order chi connectivity index (χ1) is 12.6. The molecule has 0 bridgehead atoms. The minimum atomic E-state index is 0.191. The number of halogens is 2. The van der Waals surface area contributed by atoms with Crippen molar-refractivity contribution in [2.75, 3.05) is 23.3 Å². The van der Waals surface area contributed by atoms with Crippen molar-refractivity contribution < 1.29 is 0 Å². The van der Waals surface area contributed by atoms with Crippen LogP contribution in [0.5, 0.6) is 0 Å². The second-order valence-corrected chi connectivity index (χ2v) is 7.38. The maximum absolute atomic E-state index is 6.28. The Labute approximate surface area is 161 Å². The smallest absolute Gasteiger partial charge is 0.159 e. The first-order valence-electron chi connectivity index (χ1n) is 8.63. The standard InChI is InChI=1S/C18H20Cl2N6/c19-13-4-3-12(15(20)8-13)10-22-17-9-18(24-16-5-6-23-26(16)17)25-7-1-2-14(21)11-25/h3-6,8-9,14,22H,1-2,7,10-11,21H2/t14-/m1/s1. The number of hydrogen-bond acceptors (Lipinski definition) is 5. The SMILES string of the molecule is N[C@@H]1CCCN(c2cc(NCc3ccc(Cl)cc3Cl)n3nccc3n2)C1. The third kappa shape index (κ3) is 3.58. The molecule has 26 heavy (non-hydrogen) atoms. The van der Waals surface area contributed by atoms with Crippen molar-refractivity contribution in [3.8, 4) is 0 Å². The summed E-state index contributed by atoms with van der Waals surface area (Å²) in [5.41, 5.74) is 7.89. The maximum Gasteiger partial charge on any atom is 0.159 e. The minimum Gasteiger partial charge on any atom is -0.366 e. The van der Waals surface area contributed by atoms with Crippen molar-refractivity contribution in [3.63, 3.8) is 0 Å². The van der Waals surface area contributed by atoms with E-state index in [1.165, 1.54) is 0 Å². The summed E-state index contributed by atoms with van der Waals surface area (Å²) < 4.78 is 1.79. The summed E-state index contributed by atoms with van der Waals surface area (Å²) in [5.74, 6) is 1.78. The summed E-state index contributed by atoms with van der Waals surface area (Å²) in [7, 11) is 0. The summed E-state index contributed by atoms with van der Waals surface area (Å²) in [4.78, 5) is 6.96. The summed E-state index contributed by atoms with van der Waals surface area (Å²) in [6.45, 7) is 2.35. The van der Waals surface area contributed by atoms with Crippen LogP contribution in [0.4, 0.5) is 11.6 Å². The van der Waals surface area contributed by atoms with Crippen LogP contribution >= 0.6 is 23.2 Å². The van der Waals surface area contributed by atoms with E-state index in [9.17, 15) is 0 Å². The Hall–Kier alpha value is -2.02. The van der Waals surface area contributed by atoms with Crippen molar-refractivity contribution in [3.05, 3.63) is 52.1 Å². The lowest BCUT2D eigenvalue weighted by Crippen LogP contribution is -2.43. The van der Waals surface area contributed by atoms with Gasteiger partial charge in [-0.05, 0) is 30.5 Å². The van der Waals surface area contributed by atoms with Crippen LogP contribution in [-0.2, 0) is 6.54 Å². The number of rotatable bonds is 4. The highest BCUT2D eigenvalue weighted by molar-refractivity contribution is 6.35. The quantitative estimate of drug-likeness (QED) is 0.712. The highest BCUT2D eigenvalue weighted by atomic mass is 35.5. The summed E-state index contributed by atoms with van der Waals surface area (Å²) >= 11 is 12.3.